The van der Waals surface area contributed by atoms with Gasteiger partial charge in [-0.15, -0.1) is 0 Å². The van der Waals surface area contributed by atoms with Crippen LogP contribution in [0.25, 0.3) is 0 Å². The quantitative estimate of drug-likeness (QED) is 0.760. The molecule has 0 unspecified atom stereocenters. The van der Waals surface area contributed by atoms with Crippen molar-refractivity contribution in [2.45, 2.75) is 4.90 Å². The van der Waals surface area contributed by atoms with Gasteiger partial charge < -0.3 is 5.32 Å². The van der Waals surface area contributed by atoms with E-state index in [0.717, 1.165) is 12.1 Å². The van der Waals surface area contributed by atoms with Crippen molar-refractivity contribution in [1.29, 1.82) is 0 Å². The van der Waals surface area contributed by atoms with Crippen LogP contribution in [0.3, 0.4) is 0 Å². The van der Waals surface area contributed by atoms with Crippen molar-refractivity contribution in [1.82, 2.24) is 4.72 Å². The number of urea groups is 1. The molecule has 0 spiro atoms. The fourth-order valence-corrected chi connectivity index (χ4v) is 2.84. The number of amides is 2. The number of carbonyl (C=O) groups is 1. The van der Waals surface area contributed by atoms with Crippen LogP contribution in [0.1, 0.15) is 0 Å². The van der Waals surface area contributed by atoms with E-state index < -0.39 is 21.9 Å². The average Bonchev–Trinajstić information content (AvgIpc) is 2.10. The summed E-state index contributed by atoms with van der Waals surface area (Å²) >= 11 is 2.86. The number of carbonyl (C=O) groups excluding carboxylic acids is 1. The Morgan fingerprint density at radius 3 is 2.67 bits per heavy atom. The molecule has 0 radical (unpaired) electrons. The zero-order chi connectivity index (χ0) is 11.2. The fourth-order valence-electron chi connectivity index (χ4n) is 1.19. The highest BCUT2D eigenvalue weighted by Gasteiger charge is 2.30. The lowest BCUT2D eigenvalue weighted by molar-refractivity contribution is 0.256. The van der Waals surface area contributed by atoms with Crippen LogP contribution in [0.15, 0.2) is 21.5 Å². The molecule has 0 aromatic heterocycles. The lowest BCUT2D eigenvalue weighted by Crippen LogP contribution is -2.39. The molecule has 2 N–H and O–H groups in total. The van der Waals surface area contributed by atoms with Gasteiger partial charge in [0.15, 0.2) is 0 Å². The smallest absolute Gasteiger partial charge is 0.305 e. The van der Waals surface area contributed by atoms with E-state index in [1.54, 1.807) is 4.72 Å². The molecular weight excluding hydrogens is 291 g/mol. The number of fused-ring (bicyclic) bond motifs is 1. The van der Waals surface area contributed by atoms with Gasteiger partial charge in [0.05, 0.1) is 10.2 Å². The topological polar surface area (TPSA) is 75.3 Å². The number of sulfonamides is 1. The van der Waals surface area contributed by atoms with Crippen LogP contribution >= 0.6 is 15.9 Å². The zero-order valence-electron chi connectivity index (χ0n) is 7.04. The molecule has 80 valence electrons. The van der Waals surface area contributed by atoms with Crippen molar-refractivity contribution in [3.63, 3.8) is 0 Å². The van der Waals surface area contributed by atoms with Crippen LogP contribution in [-0.4, -0.2) is 14.4 Å². The minimum Gasteiger partial charge on any atom is -0.305 e. The number of nitrogens with one attached hydrogen (secondary N) is 2. The normalized spacial score (nSPS) is 17.6. The van der Waals surface area contributed by atoms with Crippen molar-refractivity contribution in [3.05, 3.63) is 22.4 Å². The second-order valence-corrected chi connectivity index (χ2v) is 5.24. The monoisotopic (exact) mass is 294 g/mol. The Morgan fingerprint density at radius 1 is 1.33 bits per heavy atom. The molecule has 0 atom stereocenters. The number of benzene rings is 1. The fraction of sp³-hybridized carbons (Fsp3) is 0. The summed E-state index contributed by atoms with van der Waals surface area (Å²) in [7, 11) is -3.89. The zero-order valence-corrected chi connectivity index (χ0v) is 9.45. The summed E-state index contributed by atoms with van der Waals surface area (Å²) in [6.45, 7) is 0. The molecule has 2 rings (SSSR count). The summed E-state index contributed by atoms with van der Waals surface area (Å²) in [5, 5.41) is 2.21. The molecule has 15 heavy (non-hydrogen) atoms. The number of hydrogen-bond donors (Lipinski definition) is 2. The van der Waals surface area contributed by atoms with Gasteiger partial charge in [0.2, 0.25) is 0 Å². The summed E-state index contributed by atoms with van der Waals surface area (Å²) in [4.78, 5) is 10.8. The van der Waals surface area contributed by atoms with Crippen LogP contribution in [0.2, 0.25) is 0 Å². The SMILES string of the molecule is O=C1Nc2c(ccc(F)c2Br)S(=O)(=O)N1. The second-order valence-electron chi connectivity index (χ2n) is 2.79. The Labute approximate surface area is 92.8 Å². The summed E-state index contributed by atoms with van der Waals surface area (Å²) in [6.07, 6.45) is 0. The first-order chi connectivity index (χ1) is 6.92. The van der Waals surface area contributed by atoms with E-state index in [0.29, 0.717) is 0 Å². The van der Waals surface area contributed by atoms with Gasteiger partial charge >= 0.3 is 6.03 Å². The van der Waals surface area contributed by atoms with Gasteiger partial charge in [-0.2, -0.15) is 0 Å². The minimum absolute atomic E-state index is 0.0845. The third-order valence-corrected chi connectivity index (χ3v) is 3.96. The summed E-state index contributed by atoms with van der Waals surface area (Å²) in [6, 6.07) is 1.17. The minimum atomic E-state index is -3.89. The van der Waals surface area contributed by atoms with E-state index in [9.17, 15) is 17.6 Å². The average molecular weight is 295 g/mol. The standard InChI is InChI=1S/C7H4BrFN2O3S/c8-5-3(9)1-2-4-6(5)10-7(12)11-15(4,13)14/h1-2H,(H2,10,11,12). The molecule has 1 aliphatic heterocycles. The van der Waals surface area contributed by atoms with Gasteiger partial charge in [0.1, 0.15) is 10.7 Å². The predicted molar refractivity (Wildman–Crippen MR) is 53.4 cm³/mol. The highest BCUT2D eigenvalue weighted by Crippen LogP contribution is 2.33. The van der Waals surface area contributed by atoms with Crippen molar-refractivity contribution < 1.29 is 17.6 Å². The molecule has 2 amide bonds. The van der Waals surface area contributed by atoms with E-state index in [4.69, 9.17) is 0 Å². The molecule has 1 aliphatic rings. The number of rotatable bonds is 0. The van der Waals surface area contributed by atoms with Gasteiger partial charge in [-0.05, 0) is 28.1 Å². The third kappa shape index (κ3) is 1.59. The molecule has 0 saturated heterocycles. The maximum Gasteiger partial charge on any atom is 0.333 e. The Hall–Kier alpha value is -1.15. The van der Waals surface area contributed by atoms with Gasteiger partial charge in [-0.1, -0.05) is 0 Å². The lowest BCUT2D eigenvalue weighted by Gasteiger charge is -2.19. The Bertz CT molecular complexity index is 558. The van der Waals surface area contributed by atoms with Gasteiger partial charge in [-0.3, -0.25) is 0 Å². The molecule has 0 aliphatic carbocycles. The van der Waals surface area contributed by atoms with Crippen LogP contribution in [0.4, 0.5) is 14.9 Å². The van der Waals surface area contributed by atoms with E-state index >= 15 is 0 Å². The van der Waals surface area contributed by atoms with E-state index in [1.165, 1.54) is 0 Å². The van der Waals surface area contributed by atoms with Crippen LogP contribution < -0.4 is 10.0 Å². The largest absolute Gasteiger partial charge is 0.333 e. The Morgan fingerprint density at radius 2 is 2.00 bits per heavy atom. The second kappa shape index (κ2) is 3.17. The summed E-state index contributed by atoms with van der Waals surface area (Å²) in [5.74, 6) is -0.647. The summed E-state index contributed by atoms with van der Waals surface area (Å²) < 4.78 is 37.6. The van der Waals surface area contributed by atoms with Gasteiger partial charge in [0, 0.05) is 0 Å². The molecule has 0 fully saturated rings. The maximum atomic E-state index is 13.1. The van der Waals surface area contributed by atoms with Crippen molar-refractivity contribution in [2.24, 2.45) is 0 Å². The van der Waals surface area contributed by atoms with Crippen molar-refractivity contribution in [2.75, 3.05) is 5.32 Å². The van der Waals surface area contributed by atoms with Crippen LogP contribution in [0.5, 0.6) is 0 Å². The first-order valence-corrected chi connectivity index (χ1v) is 6.01. The lowest BCUT2D eigenvalue weighted by atomic mass is 10.3. The molecule has 0 saturated carbocycles. The molecule has 5 nitrogen and oxygen atoms in total. The van der Waals surface area contributed by atoms with E-state index in [-0.39, 0.29) is 15.1 Å². The highest BCUT2D eigenvalue weighted by atomic mass is 79.9. The first kappa shape index (κ1) is 10.4. The van der Waals surface area contributed by atoms with Gasteiger partial charge in [-0.25, -0.2) is 22.3 Å². The molecule has 0 bridgehead atoms. The number of halogens is 2. The maximum absolute atomic E-state index is 13.1. The van der Waals surface area contributed by atoms with Crippen LogP contribution in [-0.2, 0) is 10.0 Å². The van der Waals surface area contributed by atoms with Gasteiger partial charge in [0.25, 0.3) is 10.0 Å². The number of hydrogen-bond acceptors (Lipinski definition) is 3. The van der Waals surface area contributed by atoms with Crippen LogP contribution in [0, 0.1) is 5.82 Å². The Balaban J connectivity index is 2.78. The number of anilines is 1. The third-order valence-electron chi connectivity index (χ3n) is 1.81. The molecule has 1 heterocycles. The molecular formula is C7H4BrFN2O3S. The predicted octanol–water partition coefficient (Wildman–Crippen LogP) is 1.41. The Kier molecular flexibility index (Phi) is 2.19. The summed E-state index contributed by atoms with van der Waals surface area (Å²) in [5.41, 5.74) is -0.0845. The van der Waals surface area contributed by atoms with Crippen molar-refractivity contribution >= 4 is 37.7 Å². The van der Waals surface area contributed by atoms with E-state index in [1.807, 2.05) is 0 Å². The van der Waals surface area contributed by atoms with Crippen molar-refractivity contribution in [3.8, 4) is 0 Å². The molecule has 1 aromatic carbocycles. The highest BCUT2D eigenvalue weighted by molar-refractivity contribution is 9.10. The first-order valence-electron chi connectivity index (χ1n) is 3.73. The molecule has 8 heteroatoms. The van der Waals surface area contributed by atoms with E-state index in [2.05, 4.69) is 21.2 Å². The molecule has 1 aromatic rings.